The molecule has 2 bridgehead atoms. The summed E-state index contributed by atoms with van der Waals surface area (Å²) >= 11 is 0. The summed E-state index contributed by atoms with van der Waals surface area (Å²) in [6.07, 6.45) is -10.5. The second-order valence-corrected chi connectivity index (χ2v) is 17.4. The Morgan fingerprint density at radius 1 is 0.825 bits per heavy atom. The predicted octanol–water partition coefficient (Wildman–Crippen LogP) is 4.16. The highest BCUT2D eigenvalue weighted by Gasteiger charge is 2.78. The third-order valence-electron chi connectivity index (χ3n) is 13.5. The molecule has 2 saturated carbocycles. The predicted molar refractivity (Wildman–Crippen MR) is 225 cm³/mol. The minimum atomic E-state index is -2.39. The van der Waals surface area contributed by atoms with Crippen LogP contribution in [-0.4, -0.2) is 105 Å². The summed E-state index contributed by atoms with van der Waals surface area (Å²) in [7, 11) is 0. The van der Waals surface area contributed by atoms with Gasteiger partial charge in [-0.3, -0.25) is 19.2 Å². The second-order valence-electron chi connectivity index (χ2n) is 17.4. The Balaban J connectivity index is 0.00000661. The number of hydrogen-bond acceptors (Lipinski definition) is 14. The molecule has 1 unspecified atom stereocenters. The van der Waals surface area contributed by atoms with E-state index < -0.39 is 113 Å². The topological polar surface area (TPSA) is 221 Å². The Bertz CT molecular complexity index is 2290. The number of Topliss-reactive ketones (excluding diaryl/α,β-unsaturated/α-hetero) is 1. The van der Waals surface area contributed by atoms with Gasteiger partial charge in [-0.05, 0) is 54.8 Å². The van der Waals surface area contributed by atoms with E-state index >= 15 is 4.79 Å². The van der Waals surface area contributed by atoms with Crippen LogP contribution in [0.5, 0.6) is 0 Å². The van der Waals surface area contributed by atoms with E-state index in [1.165, 1.54) is 26.0 Å². The molecule has 0 aromatic heterocycles. The molecule has 0 spiro atoms. The highest BCUT2D eigenvalue weighted by Crippen LogP contribution is 2.64. The number of rotatable bonds is 10. The average Bonchev–Trinajstić information content (AvgIpc) is 3.24. The van der Waals surface area contributed by atoms with Gasteiger partial charge >= 0.3 is 23.9 Å². The molecule has 3 aliphatic carbocycles. The zero-order chi connectivity index (χ0) is 44.9. The van der Waals surface area contributed by atoms with E-state index in [4.69, 9.17) is 23.7 Å². The van der Waals surface area contributed by atoms with E-state index in [0.29, 0.717) is 5.56 Å². The molecule has 3 fully saturated rings. The van der Waals surface area contributed by atoms with Crippen LogP contribution in [-0.2, 0) is 42.9 Å². The zero-order valence-corrected chi connectivity index (χ0v) is 36.5. The van der Waals surface area contributed by atoms with E-state index in [9.17, 15) is 39.3 Å². The Labute approximate surface area is 370 Å². The molecule has 1 amide bonds. The molecule has 3 aromatic carbocycles. The summed E-state index contributed by atoms with van der Waals surface area (Å²) in [6.45, 7) is 7.97. The maximum Gasteiger partial charge on any atom is 0.338 e. The summed E-state index contributed by atoms with van der Waals surface area (Å²) in [5, 5.41) is 40.2. The van der Waals surface area contributed by atoms with Gasteiger partial charge in [-0.2, -0.15) is 0 Å². The molecule has 0 radical (unpaired) electrons. The van der Waals surface area contributed by atoms with E-state index in [-0.39, 0.29) is 47.7 Å². The fraction of sp³-hybridized carbons (Fsp3) is 0.447. The van der Waals surface area contributed by atoms with E-state index in [0.717, 1.165) is 13.8 Å². The molecule has 3 aromatic rings. The Morgan fingerprint density at radius 3 is 1.94 bits per heavy atom. The van der Waals surface area contributed by atoms with Crippen molar-refractivity contribution >= 4 is 48.0 Å². The molecular formula is C47H52ClNO14. The van der Waals surface area contributed by atoms with E-state index in [2.05, 4.69) is 5.32 Å². The Morgan fingerprint density at radius 2 is 1.40 bits per heavy atom. The number of hydrogen-bond donors (Lipinski definition) is 4. The number of aliphatic hydroxyl groups excluding tert-OH is 2. The molecule has 11 atom stereocenters. The lowest BCUT2D eigenvalue weighted by atomic mass is 9.44. The molecule has 1 heterocycles. The van der Waals surface area contributed by atoms with Gasteiger partial charge in [0.1, 0.15) is 23.9 Å². The molecule has 63 heavy (non-hydrogen) atoms. The Hall–Kier alpha value is -5.45. The van der Waals surface area contributed by atoms with Gasteiger partial charge in [0.25, 0.3) is 5.91 Å². The van der Waals surface area contributed by atoms with Gasteiger partial charge in [-0.1, -0.05) is 80.6 Å². The largest absolute Gasteiger partial charge is 0.456 e. The van der Waals surface area contributed by atoms with Gasteiger partial charge in [0.15, 0.2) is 23.6 Å². The van der Waals surface area contributed by atoms with Crippen molar-refractivity contribution in [3.63, 3.8) is 0 Å². The van der Waals surface area contributed by atoms with Gasteiger partial charge in [0.05, 0.1) is 35.6 Å². The van der Waals surface area contributed by atoms with Gasteiger partial charge in [-0.15, -0.1) is 12.4 Å². The fourth-order valence-corrected chi connectivity index (χ4v) is 10.2. The molecule has 7 rings (SSSR count). The quantitative estimate of drug-likeness (QED) is 0.128. The molecule has 4 aliphatic rings. The number of carbonyl (C=O) groups is 6. The van der Waals surface area contributed by atoms with Crippen molar-refractivity contribution in [2.75, 3.05) is 6.61 Å². The van der Waals surface area contributed by atoms with Crippen molar-refractivity contribution in [3.8, 4) is 0 Å². The van der Waals surface area contributed by atoms with Gasteiger partial charge in [-0.25, -0.2) is 9.59 Å². The average molecular weight is 890 g/mol. The van der Waals surface area contributed by atoms with Crippen molar-refractivity contribution in [2.45, 2.75) is 108 Å². The third kappa shape index (κ3) is 7.94. The SMILES string of the molecule is CC(=O)O[C@H]1C(=O)[C@@]2(C)C([C@H](OC(=O)c3ccccc3)[C@]3(O)C[C@H](OC(=O)[C@H](O)[C@@H](NC(=O)c4ccccc4)c4ccccc4)C(C)=C1C3(C)C)[C@]1(OC(C)=O)CO[C@@H]1C[C@@H]2O.Cl. The molecule has 15 nitrogen and oxygen atoms in total. The molecule has 16 heteroatoms. The lowest BCUT2D eigenvalue weighted by molar-refractivity contribution is -0.346. The van der Waals surface area contributed by atoms with Crippen LogP contribution in [0.2, 0.25) is 0 Å². The first-order valence-electron chi connectivity index (χ1n) is 20.5. The molecule has 1 aliphatic heterocycles. The van der Waals surface area contributed by atoms with Crippen LogP contribution < -0.4 is 5.32 Å². The van der Waals surface area contributed by atoms with E-state index in [1.54, 1.807) is 92.7 Å². The maximum absolute atomic E-state index is 15.5. The Kier molecular flexibility index (Phi) is 13.1. The monoisotopic (exact) mass is 889 g/mol. The van der Waals surface area contributed by atoms with Crippen LogP contribution in [0.1, 0.15) is 86.7 Å². The van der Waals surface area contributed by atoms with Crippen LogP contribution in [0.3, 0.4) is 0 Å². The van der Waals surface area contributed by atoms with Crippen molar-refractivity contribution < 1.29 is 67.8 Å². The highest BCUT2D eigenvalue weighted by atomic mass is 35.5. The number of amides is 1. The number of halogens is 1. The minimum absolute atomic E-state index is 0. The van der Waals surface area contributed by atoms with Gasteiger partial charge in [0, 0.05) is 37.7 Å². The van der Waals surface area contributed by atoms with Crippen LogP contribution in [0.15, 0.2) is 102 Å². The van der Waals surface area contributed by atoms with Crippen molar-refractivity contribution in [2.24, 2.45) is 16.7 Å². The van der Waals surface area contributed by atoms with Crippen molar-refractivity contribution in [3.05, 3.63) is 119 Å². The molecular weight excluding hydrogens is 838 g/mol. The molecule has 4 N–H and O–H groups in total. The van der Waals surface area contributed by atoms with Crippen molar-refractivity contribution in [1.82, 2.24) is 5.32 Å². The first-order valence-corrected chi connectivity index (χ1v) is 20.5. The van der Waals surface area contributed by atoms with Crippen LogP contribution in [0.25, 0.3) is 0 Å². The minimum Gasteiger partial charge on any atom is -0.456 e. The van der Waals surface area contributed by atoms with Crippen LogP contribution in [0, 0.1) is 16.7 Å². The van der Waals surface area contributed by atoms with Gasteiger partial charge in [0.2, 0.25) is 0 Å². The lowest BCUT2D eigenvalue weighted by Crippen LogP contribution is -2.82. The van der Waals surface area contributed by atoms with Gasteiger partial charge < -0.3 is 44.3 Å². The first-order chi connectivity index (χ1) is 29.3. The number of benzene rings is 3. The standard InChI is InChI=1S/C47H51NO14.ClH/c1-25-31(60-43(56)36(52)35(28-16-10-7-11-17-28)48-41(54)29-18-12-8-13-19-29)23-47(57)40(61-42(55)30-20-14-9-15-21-30)38-45(6,32(51)22-33-46(38,24-58-33)62-27(3)50)39(53)37(59-26(2)49)34(25)44(47,4)5;/h7-21,31-33,35-38,40,51-52,57H,22-24H2,1-6H3,(H,48,54);1H/t31-,32-,33+,35-,36+,37+,38?,40-,45+,46-,47+;/m0./s1. The van der Waals surface area contributed by atoms with Crippen LogP contribution in [0.4, 0.5) is 0 Å². The summed E-state index contributed by atoms with van der Waals surface area (Å²) < 4.78 is 30.3. The number of ketones is 1. The highest BCUT2D eigenvalue weighted by molar-refractivity contribution is 5.96. The summed E-state index contributed by atoms with van der Waals surface area (Å²) in [4.78, 5) is 83.5. The van der Waals surface area contributed by atoms with Crippen LogP contribution >= 0.6 is 12.4 Å². The number of aliphatic hydroxyl groups is 3. The number of nitrogens with one attached hydrogen (secondary N) is 1. The number of fused-ring (bicyclic) bond motifs is 5. The maximum atomic E-state index is 15.5. The third-order valence-corrected chi connectivity index (χ3v) is 13.5. The number of carbonyl (C=O) groups excluding carboxylic acids is 6. The number of esters is 4. The molecule has 1 saturated heterocycles. The second kappa shape index (κ2) is 17.6. The summed E-state index contributed by atoms with van der Waals surface area (Å²) in [6, 6.07) is 22.9. The lowest BCUT2D eigenvalue weighted by Gasteiger charge is -2.67. The summed E-state index contributed by atoms with van der Waals surface area (Å²) in [5.74, 6) is -6.84. The number of ether oxygens (including phenoxy) is 5. The fourth-order valence-electron chi connectivity index (χ4n) is 10.2. The normalized spacial score (nSPS) is 31.3. The zero-order valence-electron chi connectivity index (χ0n) is 35.6. The first kappa shape index (κ1) is 47.0. The van der Waals surface area contributed by atoms with E-state index in [1.807, 2.05) is 0 Å². The molecule has 336 valence electrons. The summed E-state index contributed by atoms with van der Waals surface area (Å²) in [5.41, 5.74) is -7.02. The smallest absolute Gasteiger partial charge is 0.338 e. The van der Waals surface area contributed by atoms with Crippen molar-refractivity contribution in [1.29, 1.82) is 0 Å².